The molecule has 3 aromatic carbocycles. The van der Waals surface area contributed by atoms with Crippen LogP contribution in [0.2, 0.25) is 5.02 Å². The number of para-hydroxylation sites is 2. The number of halogens is 9. The van der Waals surface area contributed by atoms with E-state index in [0.717, 1.165) is 9.13 Å². The first-order valence-corrected chi connectivity index (χ1v) is 13.8. The van der Waals surface area contributed by atoms with Crippen molar-refractivity contribution in [1.82, 2.24) is 19.1 Å². The van der Waals surface area contributed by atoms with Gasteiger partial charge in [0.05, 0.1) is 11.0 Å². The van der Waals surface area contributed by atoms with Gasteiger partial charge in [-0.15, -0.1) is 0 Å². The molecule has 4 aromatic heterocycles. The molecule has 0 saturated carbocycles. The van der Waals surface area contributed by atoms with Gasteiger partial charge in [0, 0.05) is 34.1 Å². The van der Waals surface area contributed by atoms with Crippen molar-refractivity contribution in [3.63, 3.8) is 0 Å². The summed E-state index contributed by atoms with van der Waals surface area (Å²) >= 11 is 6.37. The second-order valence-electron chi connectivity index (χ2n) is 10.3. The van der Waals surface area contributed by atoms with Gasteiger partial charge in [0.2, 0.25) is 23.3 Å². The first-order chi connectivity index (χ1) is 22.1. The minimum absolute atomic E-state index is 0.145. The van der Waals surface area contributed by atoms with Crippen LogP contribution >= 0.6 is 11.6 Å². The van der Waals surface area contributed by atoms with E-state index in [-0.39, 0.29) is 11.0 Å². The van der Waals surface area contributed by atoms with Gasteiger partial charge in [-0.05, 0) is 41.0 Å². The third-order valence-electron chi connectivity index (χ3n) is 7.72. The molecule has 0 aliphatic heterocycles. The summed E-state index contributed by atoms with van der Waals surface area (Å²) in [6.07, 6.45) is 2.55. The Bertz CT molecular complexity index is 2160. The second kappa shape index (κ2) is 11.0. The van der Waals surface area contributed by atoms with Gasteiger partial charge >= 0.3 is 0 Å². The van der Waals surface area contributed by atoms with E-state index in [1.54, 1.807) is 60.7 Å². The van der Waals surface area contributed by atoms with Crippen LogP contribution in [0.15, 0.2) is 85.2 Å². The second-order valence-corrected chi connectivity index (χ2v) is 10.7. The molecule has 0 spiro atoms. The number of rotatable bonds is 5. The summed E-state index contributed by atoms with van der Waals surface area (Å²) < 4.78 is 119. The van der Waals surface area contributed by atoms with Gasteiger partial charge in [0.25, 0.3) is 23.8 Å². The highest BCUT2D eigenvalue weighted by atomic mass is 35.5. The van der Waals surface area contributed by atoms with E-state index < -0.39 is 64.4 Å². The summed E-state index contributed by atoms with van der Waals surface area (Å²) in [5, 5.41) is 1.04. The molecular formula is C33H15ClF8N4. The molecule has 0 radical (unpaired) electrons. The molecule has 0 N–H and O–H groups in total. The van der Waals surface area contributed by atoms with Crippen molar-refractivity contribution >= 4 is 33.4 Å². The summed E-state index contributed by atoms with van der Waals surface area (Å²) in [5.74, 6) is -15.3. The molecule has 0 aliphatic rings. The summed E-state index contributed by atoms with van der Waals surface area (Å²) in [4.78, 5) is 5.29. The standard InChI is InChI=1S/C33H15ClF8N4/c34-16-7-5-6-15(12-16)23(19-13-45(21-10-3-1-8-17(19)21)28-24(35)30(39)43-31(40)25(28)36)20-14-46(22-11-4-2-9-18(20)22)29-26(37)32(41)44-33(42)27(29)38/h1-14,23H. The lowest BCUT2D eigenvalue weighted by Gasteiger charge is -2.18. The maximum Gasteiger partial charge on any atom is 0.253 e. The van der Waals surface area contributed by atoms with Crippen molar-refractivity contribution in [2.75, 3.05) is 0 Å². The molecule has 0 aliphatic carbocycles. The third-order valence-corrected chi connectivity index (χ3v) is 7.96. The van der Waals surface area contributed by atoms with Gasteiger partial charge < -0.3 is 9.13 Å². The van der Waals surface area contributed by atoms with Crippen LogP contribution in [0.1, 0.15) is 22.6 Å². The Morgan fingerprint density at radius 1 is 0.522 bits per heavy atom. The van der Waals surface area contributed by atoms with E-state index in [4.69, 9.17) is 11.6 Å². The highest BCUT2D eigenvalue weighted by molar-refractivity contribution is 6.30. The van der Waals surface area contributed by atoms with E-state index in [0.29, 0.717) is 32.5 Å². The zero-order valence-corrected chi connectivity index (χ0v) is 23.6. The van der Waals surface area contributed by atoms with Gasteiger partial charge in [-0.3, -0.25) is 0 Å². The molecule has 0 fully saturated rings. The van der Waals surface area contributed by atoms with Crippen LogP contribution < -0.4 is 0 Å². The van der Waals surface area contributed by atoms with Crippen molar-refractivity contribution in [2.45, 2.75) is 5.92 Å². The molecule has 0 amide bonds. The molecule has 0 unspecified atom stereocenters. The molecule has 0 bridgehead atoms. The van der Waals surface area contributed by atoms with Gasteiger partial charge in [0.1, 0.15) is 11.4 Å². The lowest BCUT2D eigenvalue weighted by atomic mass is 9.85. The van der Waals surface area contributed by atoms with E-state index in [2.05, 4.69) is 9.97 Å². The largest absolute Gasteiger partial charge is 0.311 e. The number of pyridine rings is 2. The molecule has 7 rings (SSSR count). The number of hydrogen-bond acceptors (Lipinski definition) is 2. The Kier molecular flexibility index (Phi) is 7.04. The molecule has 7 aromatic rings. The lowest BCUT2D eigenvalue weighted by molar-refractivity contribution is 0.403. The van der Waals surface area contributed by atoms with Crippen LogP contribution in [0.25, 0.3) is 33.2 Å². The van der Waals surface area contributed by atoms with Crippen molar-refractivity contribution < 1.29 is 35.1 Å². The summed E-state index contributed by atoms with van der Waals surface area (Å²) in [6.45, 7) is 0. The van der Waals surface area contributed by atoms with Crippen LogP contribution in [0.4, 0.5) is 35.1 Å². The lowest BCUT2D eigenvalue weighted by Crippen LogP contribution is -2.09. The predicted octanol–water partition coefficient (Wildman–Crippen LogP) is 9.31. The fourth-order valence-corrected chi connectivity index (χ4v) is 6.03. The normalized spacial score (nSPS) is 11.8. The predicted molar refractivity (Wildman–Crippen MR) is 154 cm³/mol. The van der Waals surface area contributed by atoms with Gasteiger partial charge in [-0.1, -0.05) is 60.1 Å². The molecule has 46 heavy (non-hydrogen) atoms. The average Bonchev–Trinajstić information content (AvgIpc) is 3.59. The maximum atomic E-state index is 15.1. The zero-order valence-electron chi connectivity index (χ0n) is 22.9. The van der Waals surface area contributed by atoms with Gasteiger partial charge in [-0.2, -0.15) is 45.1 Å². The zero-order chi connectivity index (χ0) is 32.4. The smallest absolute Gasteiger partial charge is 0.253 e. The molecule has 0 atom stereocenters. The summed E-state index contributed by atoms with van der Waals surface area (Å²) in [7, 11) is 0. The first kappa shape index (κ1) is 29.5. The van der Waals surface area contributed by atoms with Crippen LogP contribution in [-0.4, -0.2) is 19.1 Å². The topological polar surface area (TPSA) is 35.6 Å². The Morgan fingerprint density at radius 3 is 1.35 bits per heavy atom. The monoisotopic (exact) mass is 654 g/mol. The van der Waals surface area contributed by atoms with Crippen molar-refractivity contribution in [3.8, 4) is 11.4 Å². The SMILES string of the molecule is Fc1nc(F)c(F)c(-n2cc(C(c3cccc(Cl)c3)c3cn(-c4c(F)c(F)nc(F)c4F)c4ccccc34)c3ccccc32)c1F. The fraction of sp³-hybridized carbons (Fsp3) is 0.0303. The van der Waals surface area contributed by atoms with Crippen LogP contribution in [0.5, 0.6) is 0 Å². The minimum atomic E-state index is -1.86. The van der Waals surface area contributed by atoms with E-state index in [1.165, 1.54) is 24.5 Å². The highest BCUT2D eigenvalue weighted by Crippen LogP contribution is 2.43. The molecule has 0 saturated heterocycles. The van der Waals surface area contributed by atoms with Crippen molar-refractivity contribution in [1.29, 1.82) is 0 Å². The van der Waals surface area contributed by atoms with Crippen LogP contribution in [0, 0.1) is 47.1 Å². The van der Waals surface area contributed by atoms with Crippen molar-refractivity contribution in [3.05, 3.63) is 154 Å². The van der Waals surface area contributed by atoms with E-state index in [9.17, 15) is 17.6 Å². The quantitative estimate of drug-likeness (QED) is 0.137. The van der Waals surface area contributed by atoms with E-state index in [1.807, 2.05) is 0 Å². The number of fused-ring (bicyclic) bond motifs is 2. The first-order valence-electron chi connectivity index (χ1n) is 13.4. The van der Waals surface area contributed by atoms with Crippen LogP contribution in [0.3, 0.4) is 0 Å². The Morgan fingerprint density at radius 2 is 0.935 bits per heavy atom. The highest BCUT2D eigenvalue weighted by Gasteiger charge is 2.31. The van der Waals surface area contributed by atoms with Gasteiger partial charge in [-0.25, -0.2) is 0 Å². The molecule has 13 heteroatoms. The van der Waals surface area contributed by atoms with Crippen molar-refractivity contribution in [2.24, 2.45) is 0 Å². The maximum absolute atomic E-state index is 15.1. The molecule has 4 nitrogen and oxygen atoms in total. The minimum Gasteiger partial charge on any atom is -0.311 e. The summed E-state index contributed by atoms with van der Waals surface area (Å²) in [5.41, 5.74) is -0.703. The molecular weight excluding hydrogens is 640 g/mol. The fourth-order valence-electron chi connectivity index (χ4n) is 5.83. The number of nitrogens with zero attached hydrogens (tertiary/aromatic N) is 4. The number of hydrogen-bond donors (Lipinski definition) is 0. The van der Waals surface area contributed by atoms with Gasteiger partial charge in [0.15, 0.2) is 0 Å². The van der Waals surface area contributed by atoms with Crippen LogP contribution in [-0.2, 0) is 0 Å². The number of aromatic nitrogens is 4. The average molecular weight is 655 g/mol. The Hall–Kier alpha value is -5.23. The third kappa shape index (κ3) is 4.51. The summed E-state index contributed by atoms with van der Waals surface area (Å²) in [6, 6.07) is 19.0. The van der Waals surface area contributed by atoms with E-state index >= 15 is 17.6 Å². The molecule has 230 valence electrons. The Balaban J connectivity index is 1.59. The number of benzene rings is 3. The Labute approximate surface area is 258 Å². The molecule has 4 heterocycles.